The van der Waals surface area contributed by atoms with Gasteiger partial charge in [-0.25, -0.2) is 0 Å². The van der Waals surface area contributed by atoms with Gasteiger partial charge in [-0.2, -0.15) is 5.11 Å². The van der Waals surface area contributed by atoms with Gasteiger partial charge in [0.05, 0.1) is 4.88 Å². The van der Waals surface area contributed by atoms with Gasteiger partial charge in [0.2, 0.25) is 0 Å². The molecular formula is C8H6N2S. The maximum atomic E-state index is 4.00. The minimum absolute atomic E-state index is 0.954. The van der Waals surface area contributed by atoms with Crippen LogP contribution in [0.4, 0.5) is 5.69 Å². The number of nitrogens with zero attached hydrogens (tertiary/aromatic N) is 2. The predicted molar refractivity (Wildman–Crippen MR) is 47.0 cm³/mol. The first-order valence-electron chi connectivity index (χ1n) is 3.28. The lowest BCUT2D eigenvalue weighted by Crippen LogP contribution is -1.63. The van der Waals surface area contributed by atoms with Crippen LogP contribution in [0.2, 0.25) is 0 Å². The van der Waals surface area contributed by atoms with Gasteiger partial charge < -0.3 is 0 Å². The van der Waals surface area contributed by atoms with Gasteiger partial charge in [0, 0.05) is 6.20 Å². The Bertz CT molecular complexity index is 303. The number of azo groups is 1. The Labute approximate surface area is 68.6 Å². The molecular weight excluding hydrogens is 156 g/mol. The molecule has 0 unspecified atom stereocenters. The number of hydrogen-bond acceptors (Lipinski definition) is 3. The van der Waals surface area contributed by atoms with Crippen molar-refractivity contribution in [1.82, 2.24) is 0 Å². The molecule has 54 valence electrons. The third-order valence-corrected chi connectivity index (χ3v) is 2.22. The topological polar surface area (TPSA) is 24.7 Å². The van der Waals surface area contributed by atoms with Crippen LogP contribution in [0, 0.1) is 0 Å². The van der Waals surface area contributed by atoms with Gasteiger partial charge in [0.1, 0.15) is 5.69 Å². The summed E-state index contributed by atoms with van der Waals surface area (Å²) < 4.78 is 0. The molecule has 0 atom stereocenters. The Hall–Kier alpha value is -1.22. The molecule has 0 saturated carbocycles. The van der Waals surface area contributed by atoms with Gasteiger partial charge in [-0.05, 0) is 23.6 Å². The van der Waals surface area contributed by atoms with E-state index in [2.05, 4.69) is 10.2 Å². The fourth-order valence-corrected chi connectivity index (χ4v) is 1.58. The fraction of sp³-hybridized carbons (Fsp3) is 0. The largest absolute Gasteiger partial charge is 0.159 e. The van der Waals surface area contributed by atoms with E-state index in [4.69, 9.17) is 0 Å². The molecule has 11 heavy (non-hydrogen) atoms. The van der Waals surface area contributed by atoms with Gasteiger partial charge in [0.25, 0.3) is 0 Å². The third-order valence-electron chi connectivity index (χ3n) is 1.35. The number of fused-ring (bicyclic) bond motifs is 1. The molecule has 0 aromatic carbocycles. The molecule has 3 heteroatoms. The zero-order valence-electron chi connectivity index (χ0n) is 5.77. The molecule has 2 rings (SSSR count). The molecule has 2 heterocycles. The standard InChI is InChI=1S/C8H6N2S/c1-2-5-9-10-7-4-6-11-8(7)3-1/h1-6H/b2-1?,3-1-,5-2-,8-3?,9-5?,10-7?,10-9?. The van der Waals surface area contributed by atoms with Crippen LogP contribution in [0.5, 0.6) is 0 Å². The van der Waals surface area contributed by atoms with Crippen LogP contribution in [-0.4, -0.2) is 0 Å². The van der Waals surface area contributed by atoms with E-state index < -0.39 is 0 Å². The van der Waals surface area contributed by atoms with E-state index in [9.17, 15) is 0 Å². The Morgan fingerprint density at radius 3 is 3.27 bits per heavy atom. The minimum atomic E-state index is 0.954. The minimum Gasteiger partial charge on any atom is -0.159 e. The van der Waals surface area contributed by atoms with Crippen molar-refractivity contribution in [2.24, 2.45) is 10.2 Å². The van der Waals surface area contributed by atoms with Crippen molar-refractivity contribution in [2.75, 3.05) is 0 Å². The van der Waals surface area contributed by atoms with Crippen LogP contribution < -0.4 is 0 Å². The maximum absolute atomic E-state index is 4.00. The van der Waals surface area contributed by atoms with E-state index in [-0.39, 0.29) is 0 Å². The highest BCUT2D eigenvalue weighted by molar-refractivity contribution is 7.11. The molecule has 0 spiro atoms. The van der Waals surface area contributed by atoms with Crippen molar-refractivity contribution in [3.63, 3.8) is 0 Å². The highest BCUT2D eigenvalue weighted by Gasteiger charge is 1.98. The maximum Gasteiger partial charge on any atom is 0.104 e. The SMILES string of the molecule is C1=C\N=Nc2ccsc2\C=C/1. The lowest BCUT2D eigenvalue weighted by Gasteiger charge is -1.89. The Kier molecular flexibility index (Phi) is 1.65. The molecule has 1 aliphatic rings. The highest BCUT2D eigenvalue weighted by atomic mass is 32.1. The summed E-state index contributed by atoms with van der Waals surface area (Å²) >= 11 is 1.67. The van der Waals surface area contributed by atoms with Crippen LogP contribution in [-0.2, 0) is 0 Å². The van der Waals surface area contributed by atoms with Gasteiger partial charge in [-0.15, -0.1) is 16.5 Å². The van der Waals surface area contributed by atoms with Crippen molar-refractivity contribution in [1.29, 1.82) is 0 Å². The monoisotopic (exact) mass is 162 g/mol. The van der Waals surface area contributed by atoms with Gasteiger partial charge in [-0.3, -0.25) is 0 Å². The first kappa shape index (κ1) is 6.49. The van der Waals surface area contributed by atoms with Crippen molar-refractivity contribution in [2.45, 2.75) is 0 Å². The van der Waals surface area contributed by atoms with E-state index in [1.165, 1.54) is 0 Å². The number of hydrogen-bond donors (Lipinski definition) is 0. The van der Waals surface area contributed by atoms with Crippen molar-refractivity contribution < 1.29 is 0 Å². The molecule has 0 fully saturated rings. The van der Waals surface area contributed by atoms with Gasteiger partial charge >= 0.3 is 0 Å². The summed E-state index contributed by atoms with van der Waals surface area (Å²) in [4.78, 5) is 1.16. The second-order valence-electron chi connectivity index (χ2n) is 2.09. The molecule has 0 bridgehead atoms. The molecule has 0 aliphatic carbocycles. The van der Waals surface area contributed by atoms with Crippen LogP contribution in [0.25, 0.3) is 6.08 Å². The van der Waals surface area contributed by atoms with Crippen molar-refractivity contribution in [3.8, 4) is 0 Å². The van der Waals surface area contributed by atoms with Crippen LogP contribution in [0.1, 0.15) is 4.88 Å². The molecule has 1 aromatic rings. The van der Waals surface area contributed by atoms with Crippen molar-refractivity contribution >= 4 is 23.1 Å². The summed E-state index contributed by atoms with van der Waals surface area (Å²) in [7, 11) is 0. The van der Waals surface area contributed by atoms with E-state index in [0.717, 1.165) is 10.6 Å². The van der Waals surface area contributed by atoms with Gasteiger partial charge in [0.15, 0.2) is 0 Å². The second-order valence-corrected chi connectivity index (χ2v) is 3.03. The summed E-state index contributed by atoms with van der Waals surface area (Å²) in [6.07, 6.45) is 7.55. The number of rotatable bonds is 0. The molecule has 0 N–H and O–H groups in total. The summed E-state index contributed by atoms with van der Waals surface area (Å²) in [6.45, 7) is 0. The zero-order chi connectivity index (χ0) is 7.52. The van der Waals surface area contributed by atoms with E-state index in [1.807, 2.05) is 29.7 Å². The summed E-state index contributed by atoms with van der Waals surface area (Å²) in [5.74, 6) is 0. The van der Waals surface area contributed by atoms with E-state index >= 15 is 0 Å². The molecule has 1 aliphatic heterocycles. The molecule has 1 aromatic heterocycles. The lowest BCUT2D eigenvalue weighted by molar-refractivity contribution is 1.23. The van der Waals surface area contributed by atoms with Crippen LogP contribution in [0.3, 0.4) is 0 Å². The Morgan fingerprint density at radius 2 is 2.27 bits per heavy atom. The van der Waals surface area contributed by atoms with E-state index in [1.54, 1.807) is 17.5 Å². The normalized spacial score (nSPS) is 20.0. The third kappa shape index (κ3) is 1.28. The van der Waals surface area contributed by atoms with Gasteiger partial charge in [-0.1, -0.05) is 6.08 Å². The summed E-state index contributed by atoms with van der Waals surface area (Å²) in [5, 5.41) is 9.86. The first-order chi connectivity index (χ1) is 5.47. The molecule has 0 radical (unpaired) electrons. The zero-order valence-corrected chi connectivity index (χ0v) is 6.58. The molecule has 2 nitrogen and oxygen atoms in total. The quantitative estimate of drug-likeness (QED) is 0.558. The summed E-state index contributed by atoms with van der Waals surface area (Å²) in [5.41, 5.74) is 0.954. The van der Waals surface area contributed by atoms with E-state index in [0.29, 0.717) is 0 Å². The number of thiophene rings is 1. The smallest absolute Gasteiger partial charge is 0.104 e. The summed E-state index contributed by atoms with van der Waals surface area (Å²) in [6, 6.07) is 1.97. The average Bonchev–Trinajstić information content (AvgIpc) is 2.35. The second kappa shape index (κ2) is 2.80. The Balaban J connectivity index is 2.52. The Morgan fingerprint density at radius 1 is 1.27 bits per heavy atom. The van der Waals surface area contributed by atoms with Crippen molar-refractivity contribution in [3.05, 3.63) is 34.7 Å². The molecule has 0 amide bonds. The number of allylic oxidation sites excluding steroid dienone is 2. The highest BCUT2D eigenvalue weighted by Crippen LogP contribution is 2.27. The fourth-order valence-electron chi connectivity index (χ4n) is 0.848. The lowest BCUT2D eigenvalue weighted by atomic mass is 10.3. The predicted octanol–water partition coefficient (Wildman–Crippen LogP) is 3.37. The van der Waals surface area contributed by atoms with Crippen LogP contribution >= 0.6 is 11.3 Å². The molecule has 0 saturated heterocycles. The van der Waals surface area contributed by atoms with Crippen LogP contribution in [0.15, 0.2) is 40.0 Å². The first-order valence-corrected chi connectivity index (χ1v) is 4.16. The average molecular weight is 162 g/mol.